The van der Waals surface area contributed by atoms with E-state index in [-0.39, 0.29) is 0 Å². The van der Waals surface area contributed by atoms with Crippen LogP contribution in [0.2, 0.25) is 0 Å². The zero-order valence-corrected chi connectivity index (χ0v) is 17.1. The molecule has 9 nitrogen and oxygen atoms in total. The summed E-state index contributed by atoms with van der Waals surface area (Å²) in [5, 5.41) is 30.9. The van der Waals surface area contributed by atoms with Crippen molar-refractivity contribution in [3.63, 3.8) is 0 Å². The summed E-state index contributed by atoms with van der Waals surface area (Å²) >= 11 is 0. The molecule has 1 aromatic rings. The molecule has 1 atom stereocenters. The SMILES string of the molecule is CC(C)(C)N(C(=O)c1ccc(F)cc1[N+](=O)[O-])[C@@](CC(=O)O)(C(=O)O)C(C)(C)C. The Bertz CT molecular complexity index is 855. The molecule has 1 amide bonds. The number of rotatable bonds is 6. The van der Waals surface area contributed by atoms with Crippen molar-refractivity contribution in [2.75, 3.05) is 0 Å². The van der Waals surface area contributed by atoms with Gasteiger partial charge in [0, 0.05) is 5.54 Å². The van der Waals surface area contributed by atoms with E-state index in [4.69, 9.17) is 0 Å². The molecule has 0 aliphatic carbocycles. The number of carbonyl (C=O) groups is 3. The second-order valence-corrected chi connectivity index (χ2v) is 8.72. The van der Waals surface area contributed by atoms with Crippen LogP contribution in [-0.2, 0) is 9.59 Å². The van der Waals surface area contributed by atoms with E-state index in [1.165, 1.54) is 41.5 Å². The fraction of sp³-hybridized carbons (Fsp3) is 0.526. The number of carbonyl (C=O) groups excluding carboxylic acids is 1. The number of halogens is 1. The van der Waals surface area contributed by atoms with Gasteiger partial charge in [0.25, 0.3) is 11.6 Å². The Morgan fingerprint density at radius 1 is 1.10 bits per heavy atom. The third kappa shape index (κ3) is 4.52. The first-order valence-electron chi connectivity index (χ1n) is 8.70. The zero-order valence-electron chi connectivity index (χ0n) is 17.1. The molecule has 1 aromatic carbocycles. The molecule has 0 saturated heterocycles. The maximum Gasteiger partial charge on any atom is 0.330 e. The van der Waals surface area contributed by atoms with Gasteiger partial charge in [-0.05, 0) is 38.3 Å². The van der Waals surface area contributed by atoms with E-state index >= 15 is 0 Å². The standard InChI is InChI=1S/C19H25FN2O7/c1-17(2,3)19(16(26)27,10-14(23)24)21(18(4,5)6)15(25)12-8-7-11(20)9-13(12)22(28)29/h7-9H,10H2,1-6H3,(H,23,24)(H,26,27)/t19-/m0/s1. The summed E-state index contributed by atoms with van der Waals surface area (Å²) in [5.41, 5.74) is -6.16. The first-order chi connectivity index (χ1) is 13.0. The van der Waals surface area contributed by atoms with Crippen molar-refractivity contribution in [3.8, 4) is 0 Å². The Kier molecular flexibility index (Phi) is 6.43. The first-order valence-corrected chi connectivity index (χ1v) is 8.70. The van der Waals surface area contributed by atoms with Crippen molar-refractivity contribution < 1.29 is 33.9 Å². The smallest absolute Gasteiger partial charge is 0.330 e. The second kappa shape index (κ2) is 7.76. The number of benzene rings is 1. The van der Waals surface area contributed by atoms with Gasteiger partial charge in [-0.3, -0.25) is 19.7 Å². The van der Waals surface area contributed by atoms with E-state index in [2.05, 4.69) is 0 Å². The highest BCUT2D eigenvalue weighted by Gasteiger charge is 2.59. The lowest BCUT2D eigenvalue weighted by Gasteiger charge is -2.53. The minimum Gasteiger partial charge on any atom is -0.481 e. The zero-order chi connectivity index (χ0) is 22.9. The predicted octanol–water partition coefficient (Wildman–Crippen LogP) is 3.32. The van der Waals surface area contributed by atoms with E-state index in [9.17, 15) is 39.1 Å². The van der Waals surface area contributed by atoms with Crippen LogP contribution in [0, 0.1) is 21.3 Å². The quantitative estimate of drug-likeness (QED) is 0.540. The molecule has 0 saturated carbocycles. The molecule has 0 spiro atoms. The molecule has 0 aliphatic heterocycles. The highest BCUT2D eigenvalue weighted by atomic mass is 19.1. The Balaban J connectivity index is 3.95. The van der Waals surface area contributed by atoms with E-state index in [0.717, 1.165) is 17.0 Å². The van der Waals surface area contributed by atoms with Crippen molar-refractivity contribution in [2.45, 2.75) is 59.0 Å². The third-order valence-electron chi connectivity index (χ3n) is 4.64. The van der Waals surface area contributed by atoms with Gasteiger partial charge in [0.05, 0.1) is 17.4 Å². The lowest BCUT2D eigenvalue weighted by atomic mass is 9.68. The van der Waals surface area contributed by atoms with Crippen LogP contribution in [0.1, 0.15) is 58.3 Å². The Morgan fingerprint density at radius 2 is 1.62 bits per heavy atom. The Hall–Kier alpha value is -3.04. The molecular formula is C19H25FN2O7. The fourth-order valence-electron chi connectivity index (χ4n) is 3.40. The molecule has 0 fully saturated rings. The number of amides is 1. The number of nitro groups is 1. The molecule has 0 bridgehead atoms. The Morgan fingerprint density at radius 3 is 1.97 bits per heavy atom. The maximum atomic E-state index is 13.5. The van der Waals surface area contributed by atoms with E-state index in [0.29, 0.717) is 6.07 Å². The van der Waals surface area contributed by atoms with Crippen LogP contribution in [0.15, 0.2) is 18.2 Å². The number of aliphatic carboxylic acids is 2. The van der Waals surface area contributed by atoms with Gasteiger partial charge in [0.15, 0.2) is 5.54 Å². The average molecular weight is 412 g/mol. The summed E-state index contributed by atoms with van der Waals surface area (Å²) in [6.07, 6.45) is -0.941. The van der Waals surface area contributed by atoms with Crippen molar-refractivity contribution in [1.29, 1.82) is 0 Å². The average Bonchev–Trinajstić information content (AvgIpc) is 2.50. The molecule has 0 aromatic heterocycles. The van der Waals surface area contributed by atoms with Crippen molar-refractivity contribution in [2.24, 2.45) is 5.41 Å². The third-order valence-corrected chi connectivity index (χ3v) is 4.64. The summed E-state index contributed by atoms with van der Waals surface area (Å²) < 4.78 is 13.5. The fourth-order valence-corrected chi connectivity index (χ4v) is 3.40. The highest BCUT2D eigenvalue weighted by Crippen LogP contribution is 2.44. The van der Waals surface area contributed by atoms with Gasteiger partial charge in [-0.25, -0.2) is 9.18 Å². The minimum atomic E-state index is -2.25. The second-order valence-electron chi connectivity index (χ2n) is 8.72. The summed E-state index contributed by atoms with van der Waals surface area (Å²) in [4.78, 5) is 48.8. The molecule has 0 radical (unpaired) electrons. The molecule has 29 heavy (non-hydrogen) atoms. The van der Waals surface area contributed by atoms with E-state index < -0.39 is 62.8 Å². The predicted molar refractivity (Wildman–Crippen MR) is 101 cm³/mol. The van der Waals surface area contributed by atoms with Crippen LogP contribution in [0.4, 0.5) is 10.1 Å². The van der Waals surface area contributed by atoms with Gasteiger partial charge in [0.2, 0.25) is 0 Å². The van der Waals surface area contributed by atoms with Gasteiger partial charge in [0.1, 0.15) is 11.4 Å². The molecular weight excluding hydrogens is 387 g/mol. The summed E-state index contributed by atoms with van der Waals surface area (Å²) in [6, 6.07) is 2.30. The summed E-state index contributed by atoms with van der Waals surface area (Å²) in [7, 11) is 0. The van der Waals surface area contributed by atoms with Crippen molar-refractivity contribution in [3.05, 3.63) is 39.7 Å². The van der Waals surface area contributed by atoms with Gasteiger partial charge >= 0.3 is 11.9 Å². The number of carboxylic acid groups (broad SMARTS) is 2. The molecule has 10 heteroatoms. The summed E-state index contributed by atoms with van der Waals surface area (Å²) in [6.45, 7) is 8.88. The molecule has 1 rings (SSSR count). The maximum absolute atomic E-state index is 13.5. The molecule has 0 unspecified atom stereocenters. The molecule has 2 N–H and O–H groups in total. The van der Waals surface area contributed by atoms with Gasteiger partial charge in [-0.2, -0.15) is 0 Å². The Labute approximate surface area is 167 Å². The van der Waals surface area contributed by atoms with Crippen LogP contribution in [0.5, 0.6) is 0 Å². The molecule has 160 valence electrons. The monoisotopic (exact) mass is 412 g/mol. The topological polar surface area (TPSA) is 138 Å². The number of nitro benzene ring substituents is 1. The number of hydrogen-bond donors (Lipinski definition) is 2. The van der Waals surface area contributed by atoms with Crippen molar-refractivity contribution >= 4 is 23.5 Å². The van der Waals surface area contributed by atoms with Crippen LogP contribution in [0.3, 0.4) is 0 Å². The van der Waals surface area contributed by atoms with Gasteiger partial charge in [-0.15, -0.1) is 0 Å². The van der Waals surface area contributed by atoms with E-state index in [1.54, 1.807) is 0 Å². The highest BCUT2D eigenvalue weighted by molar-refractivity contribution is 6.02. The number of nitrogens with zero attached hydrogens (tertiary/aromatic N) is 2. The molecule has 0 aliphatic rings. The lowest BCUT2D eigenvalue weighted by Crippen LogP contribution is -2.69. The molecule has 0 heterocycles. The van der Waals surface area contributed by atoms with E-state index in [1.807, 2.05) is 0 Å². The summed E-state index contributed by atoms with van der Waals surface area (Å²) in [5.74, 6) is -5.05. The lowest BCUT2D eigenvalue weighted by molar-refractivity contribution is -0.385. The minimum absolute atomic E-state index is 0.536. The van der Waals surface area contributed by atoms with Crippen LogP contribution in [0.25, 0.3) is 0 Å². The number of hydrogen-bond acceptors (Lipinski definition) is 5. The van der Waals surface area contributed by atoms with Crippen LogP contribution >= 0.6 is 0 Å². The van der Waals surface area contributed by atoms with Crippen LogP contribution < -0.4 is 0 Å². The van der Waals surface area contributed by atoms with Gasteiger partial charge in [-0.1, -0.05) is 20.8 Å². The largest absolute Gasteiger partial charge is 0.481 e. The van der Waals surface area contributed by atoms with Gasteiger partial charge < -0.3 is 15.1 Å². The van der Waals surface area contributed by atoms with Crippen molar-refractivity contribution in [1.82, 2.24) is 4.90 Å². The first kappa shape index (κ1) is 24.0. The normalized spacial score (nSPS) is 14.0. The number of carboxylic acids is 2. The van der Waals surface area contributed by atoms with Crippen LogP contribution in [-0.4, -0.2) is 49.0 Å².